The Labute approximate surface area is 166 Å². The van der Waals surface area contributed by atoms with E-state index in [-0.39, 0.29) is 5.91 Å². The van der Waals surface area contributed by atoms with Crippen LogP contribution in [-0.4, -0.2) is 35.0 Å². The van der Waals surface area contributed by atoms with Gasteiger partial charge in [-0.25, -0.2) is 9.97 Å². The number of carbonyl (C=O) groups excluding carboxylic acids is 1. The summed E-state index contributed by atoms with van der Waals surface area (Å²) in [5.74, 6) is 1.34. The van der Waals surface area contributed by atoms with Crippen LogP contribution in [0.3, 0.4) is 0 Å². The molecule has 0 bridgehead atoms. The van der Waals surface area contributed by atoms with Crippen molar-refractivity contribution in [2.24, 2.45) is 0 Å². The van der Waals surface area contributed by atoms with E-state index in [1.165, 1.54) is 19.3 Å². The first-order valence-electron chi connectivity index (χ1n) is 9.71. The predicted octanol–water partition coefficient (Wildman–Crippen LogP) is 4.18. The van der Waals surface area contributed by atoms with Crippen LogP contribution in [0.4, 0.5) is 5.82 Å². The number of amides is 1. The minimum absolute atomic E-state index is 0.158. The van der Waals surface area contributed by atoms with Gasteiger partial charge in [-0.3, -0.25) is 4.79 Å². The Hall–Kier alpha value is -2.14. The van der Waals surface area contributed by atoms with Crippen molar-refractivity contribution in [3.63, 3.8) is 0 Å². The van der Waals surface area contributed by atoms with Crippen molar-refractivity contribution in [3.05, 3.63) is 52.4 Å². The Morgan fingerprint density at radius 3 is 2.93 bits per heavy atom. The van der Waals surface area contributed by atoms with Crippen molar-refractivity contribution < 1.29 is 4.79 Å². The Kier molecular flexibility index (Phi) is 6.67. The number of piperidine rings is 1. The van der Waals surface area contributed by atoms with E-state index in [0.717, 1.165) is 30.8 Å². The van der Waals surface area contributed by atoms with Crippen LogP contribution in [0.15, 0.2) is 30.3 Å². The maximum absolute atomic E-state index is 12.6. The fraction of sp³-hybridized carbons (Fsp3) is 0.476. The van der Waals surface area contributed by atoms with Gasteiger partial charge in [0.1, 0.15) is 17.3 Å². The average Bonchev–Trinajstić information content (AvgIpc) is 2.67. The van der Waals surface area contributed by atoms with Crippen LogP contribution in [-0.2, 0) is 6.42 Å². The number of rotatable bonds is 6. The minimum Gasteiger partial charge on any atom is -0.354 e. The van der Waals surface area contributed by atoms with Crippen LogP contribution in [0, 0.1) is 6.92 Å². The molecule has 3 rings (SSSR count). The maximum Gasteiger partial charge on any atom is 0.270 e. The van der Waals surface area contributed by atoms with Crippen LogP contribution in [0.1, 0.15) is 54.5 Å². The Morgan fingerprint density at radius 1 is 1.30 bits per heavy atom. The van der Waals surface area contributed by atoms with Crippen LogP contribution in [0.5, 0.6) is 0 Å². The molecule has 1 aromatic carbocycles. The van der Waals surface area contributed by atoms with E-state index >= 15 is 0 Å². The van der Waals surface area contributed by atoms with Gasteiger partial charge in [-0.2, -0.15) is 0 Å². The molecule has 0 saturated carbocycles. The number of anilines is 1. The molecule has 0 aliphatic carbocycles. The van der Waals surface area contributed by atoms with E-state index in [4.69, 9.17) is 11.6 Å². The molecule has 2 aromatic rings. The molecule has 1 aliphatic rings. The quantitative estimate of drug-likeness (QED) is 0.809. The zero-order chi connectivity index (χ0) is 19.2. The summed E-state index contributed by atoms with van der Waals surface area (Å²) in [5.41, 5.74) is 1.53. The Balaban J connectivity index is 1.66. The molecular weight excluding hydrogens is 360 g/mol. The number of hydrogen-bond donors (Lipinski definition) is 1. The molecule has 1 saturated heterocycles. The third kappa shape index (κ3) is 5.19. The smallest absolute Gasteiger partial charge is 0.270 e. The number of nitrogens with zero attached hydrogens (tertiary/aromatic N) is 3. The number of benzene rings is 1. The number of hydrogen-bond acceptors (Lipinski definition) is 4. The summed E-state index contributed by atoms with van der Waals surface area (Å²) >= 11 is 6.01. The van der Waals surface area contributed by atoms with Crippen molar-refractivity contribution in [1.29, 1.82) is 0 Å². The molecule has 1 aliphatic heterocycles. The average molecular weight is 387 g/mol. The van der Waals surface area contributed by atoms with Gasteiger partial charge in [0.15, 0.2) is 0 Å². The number of aryl methyl sites for hydroxylation is 1. The molecular formula is C21H27ClN4O. The van der Waals surface area contributed by atoms with Crippen molar-refractivity contribution in [2.45, 2.75) is 52.0 Å². The monoisotopic (exact) mass is 386 g/mol. The summed E-state index contributed by atoms with van der Waals surface area (Å²) in [6.45, 7) is 5.58. The van der Waals surface area contributed by atoms with Gasteiger partial charge in [-0.15, -0.1) is 0 Å². The normalized spacial score (nSPS) is 17.0. The highest BCUT2D eigenvalue weighted by Gasteiger charge is 2.23. The first-order valence-corrected chi connectivity index (χ1v) is 10.1. The van der Waals surface area contributed by atoms with E-state index in [9.17, 15) is 4.79 Å². The Morgan fingerprint density at radius 2 is 2.15 bits per heavy atom. The molecule has 1 N–H and O–H groups in total. The second-order valence-electron chi connectivity index (χ2n) is 7.05. The van der Waals surface area contributed by atoms with Crippen LogP contribution >= 0.6 is 11.6 Å². The highest BCUT2D eigenvalue weighted by molar-refractivity contribution is 6.30. The van der Waals surface area contributed by atoms with Crippen LogP contribution < -0.4 is 10.2 Å². The SMILES string of the molecule is CCC1CCCCN1c1cc(C(=O)NCCc2cccc(Cl)c2)nc(C)n1. The predicted molar refractivity (Wildman–Crippen MR) is 110 cm³/mol. The van der Waals surface area contributed by atoms with Crippen LogP contribution in [0.2, 0.25) is 5.02 Å². The molecule has 2 heterocycles. The number of nitrogens with one attached hydrogen (secondary N) is 1. The van der Waals surface area contributed by atoms with Crippen molar-refractivity contribution >= 4 is 23.3 Å². The second kappa shape index (κ2) is 9.18. The summed E-state index contributed by atoms with van der Waals surface area (Å²) in [4.78, 5) is 23.9. The van der Waals surface area contributed by atoms with Gasteiger partial charge < -0.3 is 10.2 Å². The first-order chi connectivity index (χ1) is 13.1. The fourth-order valence-corrected chi connectivity index (χ4v) is 3.86. The van der Waals surface area contributed by atoms with E-state index in [1.54, 1.807) is 0 Å². The number of carbonyl (C=O) groups is 1. The lowest BCUT2D eigenvalue weighted by molar-refractivity contribution is 0.0948. The lowest BCUT2D eigenvalue weighted by atomic mass is 10.00. The van der Waals surface area contributed by atoms with Crippen molar-refractivity contribution in [3.8, 4) is 0 Å². The van der Waals surface area contributed by atoms with E-state index in [2.05, 4.69) is 27.1 Å². The van der Waals surface area contributed by atoms with E-state index in [1.807, 2.05) is 37.3 Å². The molecule has 1 atom stereocenters. The Bertz CT molecular complexity index is 796. The van der Waals surface area contributed by atoms with Gasteiger partial charge in [0.05, 0.1) is 0 Å². The van der Waals surface area contributed by atoms with Crippen molar-refractivity contribution in [1.82, 2.24) is 15.3 Å². The molecule has 0 radical (unpaired) electrons. The zero-order valence-electron chi connectivity index (χ0n) is 16.0. The molecule has 27 heavy (non-hydrogen) atoms. The lowest BCUT2D eigenvalue weighted by Gasteiger charge is -2.36. The summed E-state index contributed by atoms with van der Waals surface area (Å²) < 4.78 is 0. The van der Waals surface area contributed by atoms with Gasteiger partial charge in [0, 0.05) is 30.2 Å². The first kappa shape index (κ1) is 19.6. The topological polar surface area (TPSA) is 58.1 Å². The molecule has 5 nitrogen and oxygen atoms in total. The summed E-state index contributed by atoms with van der Waals surface area (Å²) in [5, 5.41) is 3.67. The highest BCUT2D eigenvalue weighted by atomic mass is 35.5. The lowest BCUT2D eigenvalue weighted by Crippen LogP contribution is -2.40. The number of halogens is 1. The molecule has 1 amide bonds. The van der Waals surface area contributed by atoms with Gasteiger partial charge in [-0.1, -0.05) is 30.7 Å². The largest absolute Gasteiger partial charge is 0.354 e. The van der Waals surface area contributed by atoms with Gasteiger partial charge >= 0.3 is 0 Å². The van der Waals surface area contributed by atoms with Gasteiger partial charge in [0.2, 0.25) is 0 Å². The van der Waals surface area contributed by atoms with Crippen LogP contribution in [0.25, 0.3) is 0 Å². The highest BCUT2D eigenvalue weighted by Crippen LogP contribution is 2.25. The van der Waals surface area contributed by atoms with E-state index < -0.39 is 0 Å². The summed E-state index contributed by atoms with van der Waals surface area (Å²) in [6.07, 6.45) is 5.43. The second-order valence-corrected chi connectivity index (χ2v) is 7.48. The standard InChI is InChI=1S/C21H27ClN4O/c1-3-18-9-4-5-12-26(18)20-14-19(24-15(2)25-20)21(27)23-11-10-16-7-6-8-17(22)13-16/h6-8,13-14,18H,3-5,9-12H2,1-2H3,(H,23,27). The van der Waals surface area contributed by atoms with Gasteiger partial charge in [0.25, 0.3) is 5.91 Å². The summed E-state index contributed by atoms with van der Waals surface area (Å²) in [6, 6.07) is 10.0. The molecule has 144 valence electrons. The third-order valence-electron chi connectivity index (χ3n) is 5.04. The zero-order valence-corrected chi connectivity index (χ0v) is 16.8. The molecule has 1 unspecified atom stereocenters. The van der Waals surface area contributed by atoms with E-state index in [0.29, 0.717) is 29.1 Å². The maximum atomic E-state index is 12.6. The number of aromatic nitrogens is 2. The summed E-state index contributed by atoms with van der Waals surface area (Å²) in [7, 11) is 0. The van der Waals surface area contributed by atoms with Gasteiger partial charge in [-0.05, 0) is 56.7 Å². The molecule has 6 heteroatoms. The minimum atomic E-state index is -0.158. The third-order valence-corrected chi connectivity index (χ3v) is 5.27. The molecule has 1 fully saturated rings. The molecule has 1 aromatic heterocycles. The van der Waals surface area contributed by atoms with Crippen molar-refractivity contribution in [2.75, 3.05) is 18.0 Å². The molecule has 0 spiro atoms. The fourth-order valence-electron chi connectivity index (χ4n) is 3.65.